The summed E-state index contributed by atoms with van der Waals surface area (Å²) in [5.41, 5.74) is 4.32. The molecule has 34 heavy (non-hydrogen) atoms. The maximum absolute atomic E-state index is 11.7. The van der Waals surface area contributed by atoms with Crippen LogP contribution in [0.4, 0.5) is 0 Å². The molecule has 2 saturated carbocycles. The van der Waals surface area contributed by atoms with Gasteiger partial charge in [-0.1, -0.05) is 120 Å². The van der Waals surface area contributed by atoms with E-state index in [1.54, 1.807) is 0 Å². The van der Waals surface area contributed by atoms with Gasteiger partial charge in [-0.15, -0.1) is 0 Å². The summed E-state index contributed by atoms with van der Waals surface area (Å²) in [4.78, 5) is 5.07. The van der Waals surface area contributed by atoms with Crippen molar-refractivity contribution in [2.24, 2.45) is 10.9 Å². The van der Waals surface area contributed by atoms with Gasteiger partial charge in [-0.3, -0.25) is 4.99 Å². The van der Waals surface area contributed by atoms with Gasteiger partial charge in [-0.05, 0) is 54.2 Å². The second-order valence-corrected chi connectivity index (χ2v) is 10.9. The smallest absolute Gasteiger partial charge is 0.128 e. The van der Waals surface area contributed by atoms with Crippen LogP contribution in [0.5, 0.6) is 5.75 Å². The van der Waals surface area contributed by atoms with Gasteiger partial charge >= 0.3 is 0 Å². The number of rotatable bonds is 4. The van der Waals surface area contributed by atoms with Gasteiger partial charge in [0.1, 0.15) is 5.75 Å². The van der Waals surface area contributed by atoms with Crippen LogP contribution in [0.2, 0.25) is 0 Å². The van der Waals surface area contributed by atoms with E-state index < -0.39 is 0 Å². The van der Waals surface area contributed by atoms with E-state index in [1.165, 1.54) is 96.3 Å². The van der Waals surface area contributed by atoms with Crippen molar-refractivity contribution in [1.29, 1.82) is 0 Å². The molecule has 2 aliphatic carbocycles. The quantitative estimate of drug-likeness (QED) is 0.454. The number of phenolic OH excluding ortho intramolecular Hbond substituents is 1. The Morgan fingerprint density at radius 1 is 0.706 bits per heavy atom. The summed E-state index contributed by atoms with van der Waals surface area (Å²) >= 11 is 0. The first-order valence-corrected chi connectivity index (χ1v) is 14.2. The molecule has 2 aromatic rings. The number of hydrogen-bond acceptors (Lipinski definition) is 2. The standard InChI is InChI=1S/C32H45NO/c1-25-16-14-15-21-31(25)33-24-30-28(26-17-12-9-13-18-26)22-23-29(32(30)34)27-19-10-7-5-3-2-4-6-8-11-20-27/h9,12-13,17-18,22-25,27,31,34H,2-8,10-11,14-16,19-21H2,1H3. The monoisotopic (exact) mass is 459 g/mol. The first-order valence-electron chi connectivity index (χ1n) is 14.2. The molecule has 2 nitrogen and oxygen atoms in total. The Kier molecular flexibility index (Phi) is 9.65. The van der Waals surface area contributed by atoms with Crippen molar-refractivity contribution in [3.05, 3.63) is 53.6 Å². The van der Waals surface area contributed by atoms with E-state index in [-0.39, 0.29) is 0 Å². The van der Waals surface area contributed by atoms with Crippen LogP contribution in [0.15, 0.2) is 47.5 Å². The van der Waals surface area contributed by atoms with Crippen LogP contribution >= 0.6 is 0 Å². The zero-order valence-electron chi connectivity index (χ0n) is 21.4. The molecule has 0 spiro atoms. The van der Waals surface area contributed by atoms with Crippen molar-refractivity contribution in [2.45, 2.75) is 115 Å². The van der Waals surface area contributed by atoms with E-state index in [2.05, 4.69) is 49.4 Å². The second kappa shape index (κ2) is 13.1. The summed E-state index contributed by atoms with van der Waals surface area (Å²) in [6.45, 7) is 2.33. The lowest BCUT2D eigenvalue weighted by Crippen LogP contribution is -2.20. The molecule has 2 unspecified atom stereocenters. The van der Waals surface area contributed by atoms with E-state index >= 15 is 0 Å². The zero-order chi connectivity index (χ0) is 23.6. The molecule has 2 atom stereocenters. The summed E-state index contributed by atoms with van der Waals surface area (Å²) in [6, 6.07) is 15.3. The SMILES string of the molecule is CC1CCCCC1N=Cc1c(-c2ccccc2)ccc(C2CCCCCCCCCCC2)c1O. The first-order chi connectivity index (χ1) is 16.7. The van der Waals surface area contributed by atoms with Gasteiger partial charge < -0.3 is 5.11 Å². The third kappa shape index (κ3) is 6.74. The van der Waals surface area contributed by atoms with Crippen molar-refractivity contribution >= 4 is 6.21 Å². The molecule has 2 aliphatic rings. The summed E-state index contributed by atoms with van der Waals surface area (Å²) in [5, 5.41) is 11.7. The maximum atomic E-state index is 11.7. The van der Waals surface area contributed by atoms with E-state index in [0.717, 1.165) is 22.3 Å². The average molecular weight is 460 g/mol. The number of benzene rings is 2. The highest BCUT2D eigenvalue weighted by Gasteiger charge is 2.22. The topological polar surface area (TPSA) is 32.6 Å². The molecule has 2 heteroatoms. The van der Waals surface area contributed by atoms with Crippen LogP contribution in [0.1, 0.15) is 120 Å². The minimum Gasteiger partial charge on any atom is -0.507 e. The summed E-state index contributed by atoms with van der Waals surface area (Å²) in [5.74, 6) is 1.55. The molecule has 2 fully saturated rings. The van der Waals surface area contributed by atoms with E-state index in [9.17, 15) is 5.11 Å². The highest BCUT2D eigenvalue weighted by atomic mass is 16.3. The number of nitrogens with zero attached hydrogens (tertiary/aromatic N) is 1. The predicted molar refractivity (Wildman–Crippen MR) is 146 cm³/mol. The van der Waals surface area contributed by atoms with Gasteiger partial charge in [0.05, 0.1) is 6.04 Å². The maximum Gasteiger partial charge on any atom is 0.128 e. The fraction of sp³-hybridized carbons (Fsp3) is 0.594. The van der Waals surface area contributed by atoms with Crippen LogP contribution in [-0.4, -0.2) is 17.4 Å². The molecule has 184 valence electrons. The molecule has 0 amide bonds. The number of aliphatic imine (C=N–C) groups is 1. The third-order valence-corrected chi connectivity index (χ3v) is 8.34. The minimum absolute atomic E-state index is 0.377. The summed E-state index contributed by atoms with van der Waals surface area (Å²) in [6.07, 6.45) is 21.5. The van der Waals surface area contributed by atoms with Crippen LogP contribution in [0, 0.1) is 5.92 Å². The average Bonchev–Trinajstić information content (AvgIpc) is 2.85. The Labute approximate surface area is 207 Å². The second-order valence-electron chi connectivity index (χ2n) is 10.9. The fourth-order valence-electron chi connectivity index (χ4n) is 6.12. The minimum atomic E-state index is 0.377. The fourth-order valence-corrected chi connectivity index (χ4v) is 6.12. The van der Waals surface area contributed by atoms with Gasteiger partial charge in [0, 0.05) is 11.8 Å². The number of phenols is 1. The molecule has 0 bridgehead atoms. The Morgan fingerprint density at radius 2 is 1.29 bits per heavy atom. The van der Waals surface area contributed by atoms with Gasteiger partial charge in [0.25, 0.3) is 0 Å². The summed E-state index contributed by atoms with van der Waals surface area (Å²) in [7, 11) is 0. The number of hydrogen-bond donors (Lipinski definition) is 1. The van der Waals surface area contributed by atoms with Crippen molar-refractivity contribution in [1.82, 2.24) is 0 Å². The lowest BCUT2D eigenvalue weighted by Gasteiger charge is -2.25. The Morgan fingerprint density at radius 3 is 1.94 bits per heavy atom. The Hall–Kier alpha value is -2.09. The van der Waals surface area contributed by atoms with Crippen LogP contribution in [0.3, 0.4) is 0 Å². The molecular formula is C32H45NO. The summed E-state index contributed by atoms with van der Waals surface area (Å²) < 4.78 is 0. The van der Waals surface area contributed by atoms with Crippen LogP contribution < -0.4 is 0 Å². The zero-order valence-corrected chi connectivity index (χ0v) is 21.4. The molecular weight excluding hydrogens is 414 g/mol. The van der Waals surface area contributed by atoms with Gasteiger partial charge in [-0.25, -0.2) is 0 Å². The Bertz CT molecular complexity index is 891. The Balaban J connectivity index is 1.65. The van der Waals surface area contributed by atoms with Crippen molar-refractivity contribution in [3.63, 3.8) is 0 Å². The van der Waals surface area contributed by atoms with E-state index in [0.29, 0.717) is 23.6 Å². The lowest BCUT2D eigenvalue weighted by molar-refractivity contribution is 0.333. The highest BCUT2D eigenvalue weighted by Crippen LogP contribution is 2.40. The number of aromatic hydroxyl groups is 1. The highest BCUT2D eigenvalue weighted by molar-refractivity contribution is 5.94. The van der Waals surface area contributed by atoms with Gasteiger partial charge in [0.2, 0.25) is 0 Å². The van der Waals surface area contributed by atoms with Gasteiger partial charge in [-0.2, -0.15) is 0 Å². The van der Waals surface area contributed by atoms with Gasteiger partial charge in [0.15, 0.2) is 0 Å². The first kappa shape index (κ1) is 25.0. The normalized spacial score (nSPS) is 23.9. The predicted octanol–water partition coefficient (Wildman–Crippen LogP) is 9.45. The van der Waals surface area contributed by atoms with Crippen molar-refractivity contribution in [2.75, 3.05) is 0 Å². The van der Waals surface area contributed by atoms with Crippen LogP contribution in [-0.2, 0) is 0 Å². The molecule has 0 radical (unpaired) electrons. The molecule has 0 saturated heterocycles. The molecule has 2 aromatic carbocycles. The lowest BCUT2D eigenvalue weighted by atomic mass is 9.84. The van der Waals surface area contributed by atoms with E-state index in [1.807, 2.05) is 6.21 Å². The van der Waals surface area contributed by atoms with Crippen molar-refractivity contribution in [3.8, 4) is 16.9 Å². The molecule has 0 heterocycles. The van der Waals surface area contributed by atoms with Crippen molar-refractivity contribution < 1.29 is 5.11 Å². The molecule has 1 N–H and O–H groups in total. The molecule has 0 aromatic heterocycles. The molecule has 4 rings (SSSR count). The van der Waals surface area contributed by atoms with E-state index in [4.69, 9.17) is 4.99 Å². The third-order valence-electron chi connectivity index (χ3n) is 8.34. The van der Waals surface area contributed by atoms with Crippen LogP contribution in [0.25, 0.3) is 11.1 Å². The molecule has 0 aliphatic heterocycles. The largest absolute Gasteiger partial charge is 0.507 e.